The molecule has 1 aliphatic heterocycles. The van der Waals surface area contributed by atoms with Crippen LogP contribution in [0.25, 0.3) is 6.08 Å². The number of benzene rings is 2. The molecule has 0 radical (unpaired) electrons. The summed E-state index contributed by atoms with van der Waals surface area (Å²) in [6, 6.07) is 12.2. The lowest BCUT2D eigenvalue weighted by Crippen LogP contribution is -2.40. The smallest absolute Gasteiger partial charge is 0.338 e. The Morgan fingerprint density at radius 1 is 1.24 bits per heavy atom. The van der Waals surface area contributed by atoms with Crippen LogP contribution in [0.2, 0.25) is 5.02 Å². The van der Waals surface area contributed by atoms with Gasteiger partial charge in [-0.05, 0) is 55.7 Å². The Balaban J connectivity index is 1.96. The van der Waals surface area contributed by atoms with Gasteiger partial charge in [-0.1, -0.05) is 53.3 Å². The molecule has 1 aromatic heterocycles. The van der Waals surface area contributed by atoms with Gasteiger partial charge in [-0.2, -0.15) is 0 Å². The summed E-state index contributed by atoms with van der Waals surface area (Å²) in [5.41, 5.74) is 3.03. The predicted octanol–water partition coefficient (Wildman–Crippen LogP) is 3.77. The Morgan fingerprint density at radius 2 is 2.00 bits per heavy atom. The van der Waals surface area contributed by atoms with Crippen LogP contribution in [0.4, 0.5) is 0 Å². The summed E-state index contributed by atoms with van der Waals surface area (Å²) in [4.78, 5) is 31.6. The van der Waals surface area contributed by atoms with Crippen LogP contribution in [-0.2, 0) is 9.53 Å². The second-order valence-corrected chi connectivity index (χ2v) is 8.97. The molecule has 0 saturated carbocycles. The number of carbonyl (C=O) groups excluding carboxylic acids is 1. The second-order valence-electron chi connectivity index (χ2n) is 7.55. The highest BCUT2D eigenvalue weighted by atomic mass is 35.5. The minimum atomic E-state index is -0.733. The zero-order chi connectivity index (χ0) is 23.7. The maximum absolute atomic E-state index is 13.6. The average Bonchev–Trinajstić information content (AvgIpc) is 3.09. The molecule has 2 aromatic carbocycles. The van der Waals surface area contributed by atoms with E-state index >= 15 is 0 Å². The van der Waals surface area contributed by atoms with E-state index in [4.69, 9.17) is 21.1 Å². The number of nitrogens with zero attached hydrogens (tertiary/aromatic N) is 2. The van der Waals surface area contributed by atoms with E-state index < -0.39 is 12.0 Å². The first kappa shape index (κ1) is 23.0. The van der Waals surface area contributed by atoms with Gasteiger partial charge in [0, 0.05) is 5.02 Å². The molecule has 33 heavy (non-hydrogen) atoms. The van der Waals surface area contributed by atoms with Gasteiger partial charge >= 0.3 is 5.97 Å². The van der Waals surface area contributed by atoms with Crippen molar-refractivity contribution in [3.8, 4) is 5.75 Å². The molecule has 0 unspecified atom stereocenters. The van der Waals surface area contributed by atoms with Crippen molar-refractivity contribution in [3.63, 3.8) is 0 Å². The molecule has 0 amide bonds. The van der Waals surface area contributed by atoms with Crippen LogP contribution in [0.15, 0.2) is 63.5 Å². The van der Waals surface area contributed by atoms with Crippen molar-refractivity contribution in [1.29, 1.82) is 0 Å². The van der Waals surface area contributed by atoms with Crippen molar-refractivity contribution in [2.75, 3.05) is 13.7 Å². The number of aromatic nitrogens is 1. The van der Waals surface area contributed by atoms with Crippen LogP contribution >= 0.6 is 22.9 Å². The van der Waals surface area contributed by atoms with Crippen molar-refractivity contribution in [2.24, 2.45) is 4.99 Å². The van der Waals surface area contributed by atoms with E-state index in [1.165, 1.54) is 15.9 Å². The molecule has 2 heterocycles. The van der Waals surface area contributed by atoms with Crippen molar-refractivity contribution in [2.45, 2.75) is 26.8 Å². The molecule has 170 valence electrons. The lowest BCUT2D eigenvalue weighted by atomic mass is 9.96. The van der Waals surface area contributed by atoms with Crippen molar-refractivity contribution >= 4 is 35.0 Å². The van der Waals surface area contributed by atoms with Gasteiger partial charge in [-0.3, -0.25) is 9.36 Å². The molecule has 4 rings (SSSR count). The average molecular weight is 483 g/mol. The van der Waals surface area contributed by atoms with Gasteiger partial charge in [-0.25, -0.2) is 9.79 Å². The molecular weight excluding hydrogens is 460 g/mol. The number of allylic oxidation sites excluding steroid dienone is 1. The van der Waals surface area contributed by atoms with Crippen LogP contribution in [0.1, 0.15) is 36.6 Å². The molecule has 0 fully saturated rings. The van der Waals surface area contributed by atoms with Crippen LogP contribution in [-0.4, -0.2) is 24.3 Å². The first-order valence-electron chi connectivity index (χ1n) is 10.4. The number of thiazole rings is 1. The van der Waals surface area contributed by atoms with E-state index in [-0.39, 0.29) is 12.2 Å². The lowest BCUT2D eigenvalue weighted by Gasteiger charge is -2.25. The number of hydrogen-bond donors (Lipinski definition) is 0. The van der Waals surface area contributed by atoms with Gasteiger partial charge in [0.25, 0.3) is 5.56 Å². The van der Waals surface area contributed by atoms with Gasteiger partial charge in [0.1, 0.15) is 11.8 Å². The quantitative estimate of drug-likeness (QED) is 0.519. The van der Waals surface area contributed by atoms with Gasteiger partial charge in [-0.15, -0.1) is 0 Å². The van der Waals surface area contributed by atoms with E-state index in [9.17, 15) is 9.59 Å². The number of aryl methyl sites for hydroxylation is 1. The van der Waals surface area contributed by atoms with E-state index in [0.29, 0.717) is 31.2 Å². The molecule has 1 aliphatic rings. The molecule has 0 aliphatic carbocycles. The molecule has 3 aromatic rings. The second kappa shape index (κ2) is 9.37. The largest absolute Gasteiger partial charge is 0.496 e. The summed E-state index contributed by atoms with van der Waals surface area (Å²) >= 11 is 7.78. The zero-order valence-electron chi connectivity index (χ0n) is 18.7. The first-order valence-corrected chi connectivity index (χ1v) is 11.6. The van der Waals surface area contributed by atoms with Gasteiger partial charge < -0.3 is 9.47 Å². The molecule has 0 bridgehead atoms. The van der Waals surface area contributed by atoms with Crippen LogP contribution < -0.4 is 19.6 Å². The first-order chi connectivity index (χ1) is 15.8. The number of methoxy groups -OCH3 is 1. The highest BCUT2D eigenvalue weighted by Crippen LogP contribution is 2.34. The minimum Gasteiger partial charge on any atom is -0.496 e. The minimum absolute atomic E-state index is 0.213. The van der Waals surface area contributed by atoms with E-state index in [0.717, 1.165) is 16.9 Å². The number of ether oxygens (including phenoxy) is 2. The Kier molecular flexibility index (Phi) is 6.54. The van der Waals surface area contributed by atoms with Crippen LogP contribution in [0, 0.1) is 6.92 Å². The molecule has 6 nitrogen and oxygen atoms in total. The third-order valence-electron chi connectivity index (χ3n) is 5.45. The number of esters is 1. The molecule has 0 saturated heterocycles. The van der Waals surface area contributed by atoms with E-state index in [1.807, 2.05) is 37.3 Å². The maximum Gasteiger partial charge on any atom is 0.338 e. The fourth-order valence-corrected chi connectivity index (χ4v) is 5.15. The van der Waals surface area contributed by atoms with Crippen LogP contribution in [0.5, 0.6) is 5.75 Å². The number of hydrogen-bond acceptors (Lipinski definition) is 6. The Hall–Kier alpha value is -3.16. The lowest BCUT2D eigenvalue weighted by molar-refractivity contribution is -0.139. The summed E-state index contributed by atoms with van der Waals surface area (Å²) in [6.07, 6.45) is 1.80. The maximum atomic E-state index is 13.6. The van der Waals surface area contributed by atoms with Gasteiger partial charge in [0.05, 0.1) is 29.5 Å². The third kappa shape index (κ3) is 4.26. The van der Waals surface area contributed by atoms with Crippen molar-refractivity contribution < 1.29 is 14.3 Å². The molecule has 0 spiro atoms. The number of carbonyl (C=O) groups is 1. The highest BCUT2D eigenvalue weighted by molar-refractivity contribution is 7.07. The Bertz CT molecular complexity index is 1450. The summed E-state index contributed by atoms with van der Waals surface area (Å²) in [6.45, 7) is 5.66. The number of halogens is 1. The summed E-state index contributed by atoms with van der Waals surface area (Å²) in [7, 11) is 1.61. The monoisotopic (exact) mass is 482 g/mol. The zero-order valence-corrected chi connectivity index (χ0v) is 20.3. The standard InChI is InChI=1S/C25H23ClN2O4S/c1-5-32-24(30)21-15(3)27-25-28(22(21)17-8-6-7-9-18(17)26)23(29)20(33-25)13-16-11-10-14(2)19(12-16)31-4/h6-13,22H,5H2,1-4H3/b20-13-/t22-/m1/s1. The summed E-state index contributed by atoms with van der Waals surface area (Å²) < 4.78 is 12.7. The van der Waals surface area contributed by atoms with E-state index in [2.05, 4.69) is 4.99 Å². The molecule has 8 heteroatoms. The molecule has 1 atom stereocenters. The summed E-state index contributed by atoms with van der Waals surface area (Å²) in [5.74, 6) is 0.229. The predicted molar refractivity (Wildman–Crippen MR) is 130 cm³/mol. The Morgan fingerprint density at radius 3 is 2.70 bits per heavy atom. The van der Waals surface area contributed by atoms with Crippen molar-refractivity contribution in [1.82, 2.24) is 4.57 Å². The van der Waals surface area contributed by atoms with Gasteiger partial charge in [0.15, 0.2) is 4.80 Å². The fourth-order valence-electron chi connectivity index (χ4n) is 3.86. The fraction of sp³-hybridized carbons (Fsp3) is 0.240. The molecular formula is C25H23ClN2O4S. The van der Waals surface area contributed by atoms with Crippen LogP contribution in [0.3, 0.4) is 0 Å². The molecule has 0 N–H and O–H groups in total. The summed E-state index contributed by atoms with van der Waals surface area (Å²) in [5, 5.41) is 0.455. The topological polar surface area (TPSA) is 69.9 Å². The SMILES string of the molecule is CCOC(=O)C1=C(C)N=c2s/c(=C\c3ccc(C)c(OC)c3)c(=O)n2[C@@H]1c1ccccc1Cl. The Labute approximate surface area is 200 Å². The number of rotatable bonds is 5. The third-order valence-corrected chi connectivity index (χ3v) is 6.77. The van der Waals surface area contributed by atoms with E-state index in [1.54, 1.807) is 39.2 Å². The van der Waals surface area contributed by atoms with Crippen molar-refractivity contribution in [3.05, 3.63) is 95.1 Å². The highest BCUT2D eigenvalue weighted by Gasteiger charge is 2.34. The van der Waals surface area contributed by atoms with Gasteiger partial charge in [0.2, 0.25) is 0 Å². The normalized spacial score (nSPS) is 15.8. The number of fused-ring (bicyclic) bond motifs is 1.